The molecule has 4 rings (SSSR count). The molecule has 0 bridgehead atoms. The Kier molecular flexibility index (Phi) is 5.25. The minimum absolute atomic E-state index is 0.132. The number of hydrogen-bond donors (Lipinski definition) is 1. The molecule has 26 heavy (non-hydrogen) atoms. The molecule has 1 aliphatic rings. The fraction of sp³-hybridized carbons (Fsp3) is 0.300. The number of thiophene rings is 1. The SMILES string of the molecule is Cc1nc(-c2ccc(CCNC(=O)C3CC3c3ccc(Br)cc3)s2)cs1. The van der Waals surface area contributed by atoms with Crippen LogP contribution in [-0.4, -0.2) is 17.4 Å². The van der Waals surface area contributed by atoms with E-state index in [-0.39, 0.29) is 11.8 Å². The van der Waals surface area contributed by atoms with Crippen LogP contribution in [0.2, 0.25) is 0 Å². The summed E-state index contributed by atoms with van der Waals surface area (Å²) in [6, 6.07) is 12.6. The third-order valence-corrected chi connectivity index (χ3v) is 7.10. The van der Waals surface area contributed by atoms with Gasteiger partial charge in [-0.2, -0.15) is 0 Å². The second-order valence-electron chi connectivity index (χ2n) is 6.56. The first-order chi connectivity index (χ1) is 12.6. The Labute approximate surface area is 169 Å². The van der Waals surface area contributed by atoms with Crippen LogP contribution in [-0.2, 0) is 11.2 Å². The van der Waals surface area contributed by atoms with Crippen molar-refractivity contribution >= 4 is 44.5 Å². The number of aromatic nitrogens is 1. The minimum Gasteiger partial charge on any atom is -0.355 e. The maximum atomic E-state index is 12.4. The van der Waals surface area contributed by atoms with Gasteiger partial charge in [-0.1, -0.05) is 28.1 Å². The third kappa shape index (κ3) is 4.08. The van der Waals surface area contributed by atoms with E-state index >= 15 is 0 Å². The highest BCUT2D eigenvalue weighted by molar-refractivity contribution is 9.10. The molecule has 2 heterocycles. The van der Waals surface area contributed by atoms with Crippen LogP contribution in [0.4, 0.5) is 0 Å². The number of carbonyl (C=O) groups excluding carboxylic acids is 1. The first kappa shape index (κ1) is 17.9. The molecule has 2 unspecified atom stereocenters. The average Bonchev–Trinajstić information content (AvgIpc) is 3.08. The summed E-state index contributed by atoms with van der Waals surface area (Å²) in [5.41, 5.74) is 2.32. The van der Waals surface area contributed by atoms with Crippen LogP contribution in [0.5, 0.6) is 0 Å². The number of hydrogen-bond acceptors (Lipinski definition) is 4. The Morgan fingerprint density at radius 1 is 1.27 bits per heavy atom. The number of aryl methyl sites for hydroxylation is 1. The van der Waals surface area contributed by atoms with Crippen LogP contribution >= 0.6 is 38.6 Å². The van der Waals surface area contributed by atoms with Crippen LogP contribution in [0.25, 0.3) is 10.6 Å². The zero-order valence-electron chi connectivity index (χ0n) is 14.4. The van der Waals surface area contributed by atoms with Crippen LogP contribution < -0.4 is 5.32 Å². The van der Waals surface area contributed by atoms with E-state index in [1.165, 1.54) is 15.3 Å². The van der Waals surface area contributed by atoms with Crippen molar-refractivity contribution in [3.05, 3.63) is 61.7 Å². The van der Waals surface area contributed by atoms with E-state index in [0.717, 1.165) is 28.0 Å². The molecule has 0 aliphatic heterocycles. The number of nitrogens with one attached hydrogen (secondary N) is 1. The minimum atomic E-state index is 0.132. The van der Waals surface area contributed by atoms with Crippen molar-refractivity contribution in [3.8, 4) is 10.6 Å². The number of carbonyl (C=O) groups is 1. The Morgan fingerprint density at radius 3 is 2.81 bits per heavy atom. The lowest BCUT2D eigenvalue weighted by Gasteiger charge is -2.04. The summed E-state index contributed by atoms with van der Waals surface area (Å²) in [7, 11) is 0. The van der Waals surface area contributed by atoms with Crippen LogP contribution in [0.3, 0.4) is 0 Å². The number of thiazole rings is 1. The van der Waals surface area contributed by atoms with Gasteiger partial charge in [0.1, 0.15) is 0 Å². The second-order valence-corrected chi connectivity index (χ2v) is 9.71. The number of amides is 1. The predicted octanol–water partition coefficient (Wildman–Crippen LogP) is 5.40. The summed E-state index contributed by atoms with van der Waals surface area (Å²) in [5.74, 6) is 0.697. The Hall–Kier alpha value is -1.50. The second kappa shape index (κ2) is 7.62. The lowest BCUT2D eigenvalue weighted by atomic mass is 10.1. The maximum Gasteiger partial charge on any atom is 0.223 e. The number of halogens is 1. The van der Waals surface area contributed by atoms with Crippen LogP contribution in [0.15, 0.2) is 46.3 Å². The van der Waals surface area contributed by atoms with Gasteiger partial charge in [-0.25, -0.2) is 4.98 Å². The molecule has 1 N–H and O–H groups in total. The van der Waals surface area contributed by atoms with E-state index in [0.29, 0.717) is 12.5 Å². The summed E-state index contributed by atoms with van der Waals surface area (Å²) < 4.78 is 1.08. The van der Waals surface area contributed by atoms with E-state index in [1.807, 2.05) is 19.1 Å². The highest BCUT2D eigenvalue weighted by Crippen LogP contribution is 2.47. The lowest BCUT2D eigenvalue weighted by molar-refractivity contribution is -0.122. The summed E-state index contributed by atoms with van der Waals surface area (Å²) in [5, 5.41) is 6.29. The molecule has 0 spiro atoms. The number of benzene rings is 1. The average molecular weight is 447 g/mol. The van der Waals surface area contributed by atoms with E-state index < -0.39 is 0 Å². The zero-order chi connectivity index (χ0) is 18.1. The van der Waals surface area contributed by atoms with Crippen molar-refractivity contribution < 1.29 is 4.79 Å². The molecule has 3 aromatic rings. The van der Waals surface area contributed by atoms with Gasteiger partial charge in [0.25, 0.3) is 0 Å². The van der Waals surface area contributed by atoms with Gasteiger partial charge >= 0.3 is 0 Å². The van der Waals surface area contributed by atoms with E-state index in [1.54, 1.807) is 22.7 Å². The summed E-state index contributed by atoms with van der Waals surface area (Å²) >= 11 is 6.89. The zero-order valence-corrected chi connectivity index (χ0v) is 17.6. The van der Waals surface area contributed by atoms with E-state index in [2.05, 4.69) is 55.9 Å². The predicted molar refractivity (Wildman–Crippen MR) is 112 cm³/mol. The van der Waals surface area contributed by atoms with E-state index in [9.17, 15) is 4.79 Å². The molecule has 0 saturated heterocycles. The Morgan fingerprint density at radius 2 is 2.08 bits per heavy atom. The highest BCUT2D eigenvalue weighted by Gasteiger charge is 2.43. The molecule has 134 valence electrons. The van der Waals surface area contributed by atoms with Crippen molar-refractivity contribution in [2.75, 3.05) is 6.54 Å². The number of rotatable bonds is 6. The first-order valence-corrected chi connectivity index (χ1v) is 11.1. The van der Waals surface area contributed by atoms with Gasteiger partial charge in [-0.3, -0.25) is 4.79 Å². The van der Waals surface area contributed by atoms with Gasteiger partial charge in [0.15, 0.2) is 0 Å². The van der Waals surface area contributed by atoms with Gasteiger partial charge in [0.05, 0.1) is 15.6 Å². The van der Waals surface area contributed by atoms with Crippen molar-refractivity contribution in [1.29, 1.82) is 0 Å². The molecular formula is C20H19BrN2OS2. The van der Waals surface area contributed by atoms with Gasteiger partial charge in [-0.15, -0.1) is 22.7 Å². The van der Waals surface area contributed by atoms with Gasteiger partial charge in [0.2, 0.25) is 5.91 Å². The first-order valence-electron chi connectivity index (χ1n) is 8.64. The van der Waals surface area contributed by atoms with Crippen molar-refractivity contribution in [1.82, 2.24) is 10.3 Å². The molecule has 3 nitrogen and oxygen atoms in total. The normalized spacial score (nSPS) is 18.7. The van der Waals surface area contributed by atoms with Gasteiger partial charge in [0, 0.05) is 27.2 Å². The van der Waals surface area contributed by atoms with E-state index in [4.69, 9.17) is 0 Å². The Balaban J connectivity index is 1.26. The standard InChI is InChI=1S/C20H19BrN2OS2/c1-12-23-18(11-25-12)19-7-6-15(26-19)8-9-22-20(24)17-10-16(17)13-2-4-14(21)5-3-13/h2-7,11,16-17H,8-10H2,1H3,(H,22,24). The van der Waals surface area contributed by atoms with Crippen molar-refractivity contribution in [2.24, 2.45) is 5.92 Å². The van der Waals surface area contributed by atoms with Crippen LogP contribution in [0.1, 0.15) is 27.8 Å². The number of nitrogens with zero attached hydrogens (tertiary/aromatic N) is 1. The summed E-state index contributed by atoms with van der Waals surface area (Å²) in [6.07, 6.45) is 1.83. The molecule has 1 fully saturated rings. The van der Waals surface area contributed by atoms with Gasteiger partial charge < -0.3 is 5.32 Å². The quantitative estimate of drug-likeness (QED) is 0.550. The Bertz CT molecular complexity index is 916. The molecule has 2 aromatic heterocycles. The fourth-order valence-corrected chi connectivity index (χ4v) is 5.05. The van der Waals surface area contributed by atoms with Crippen LogP contribution in [0, 0.1) is 12.8 Å². The largest absolute Gasteiger partial charge is 0.355 e. The highest BCUT2D eigenvalue weighted by atomic mass is 79.9. The molecule has 1 saturated carbocycles. The van der Waals surface area contributed by atoms with Crippen molar-refractivity contribution in [3.63, 3.8) is 0 Å². The smallest absolute Gasteiger partial charge is 0.223 e. The van der Waals surface area contributed by atoms with Gasteiger partial charge in [-0.05, 0) is 55.5 Å². The topological polar surface area (TPSA) is 42.0 Å². The lowest BCUT2D eigenvalue weighted by Crippen LogP contribution is -2.27. The molecule has 1 aliphatic carbocycles. The molecule has 1 amide bonds. The molecular weight excluding hydrogens is 428 g/mol. The summed E-state index contributed by atoms with van der Waals surface area (Å²) in [6.45, 7) is 2.72. The maximum absolute atomic E-state index is 12.4. The van der Waals surface area contributed by atoms with Crippen molar-refractivity contribution in [2.45, 2.75) is 25.7 Å². The third-order valence-electron chi connectivity index (χ3n) is 4.63. The summed E-state index contributed by atoms with van der Waals surface area (Å²) in [4.78, 5) is 19.4. The molecule has 6 heteroatoms. The monoisotopic (exact) mass is 446 g/mol. The molecule has 2 atom stereocenters. The molecule has 1 aromatic carbocycles. The molecule has 0 radical (unpaired) electrons. The fourth-order valence-electron chi connectivity index (χ4n) is 3.13.